The van der Waals surface area contributed by atoms with Gasteiger partial charge < -0.3 is 5.32 Å². The zero-order valence-electron chi connectivity index (χ0n) is 14.2. The summed E-state index contributed by atoms with van der Waals surface area (Å²) in [6.07, 6.45) is 1.61. The first-order chi connectivity index (χ1) is 12.4. The summed E-state index contributed by atoms with van der Waals surface area (Å²) in [5.74, 6) is 0.130. The van der Waals surface area contributed by atoms with E-state index in [4.69, 9.17) is 11.6 Å². The molecule has 3 aromatic rings. The Hall–Kier alpha value is -1.83. The molecule has 0 saturated heterocycles. The normalized spacial score (nSPS) is 10.8. The minimum Gasteiger partial charge on any atom is -0.325 e. The van der Waals surface area contributed by atoms with Crippen LogP contribution < -0.4 is 5.32 Å². The number of amides is 1. The molecule has 0 radical (unpaired) electrons. The Morgan fingerprint density at radius 3 is 2.77 bits per heavy atom. The van der Waals surface area contributed by atoms with Crippen molar-refractivity contribution < 1.29 is 4.79 Å². The molecule has 1 N–H and O–H groups in total. The predicted octanol–water partition coefficient (Wildman–Crippen LogP) is 5.03. The molecule has 1 amide bonds. The molecule has 0 aliphatic rings. The first-order valence-corrected chi connectivity index (χ1v) is 9.95. The molecule has 0 aliphatic carbocycles. The number of carbonyl (C=O) groups is 1. The Balaban J connectivity index is 1.68. The fraction of sp³-hybridized carbons (Fsp3) is 0.167. The van der Waals surface area contributed by atoms with Crippen LogP contribution in [0, 0.1) is 13.8 Å². The van der Waals surface area contributed by atoms with Gasteiger partial charge in [-0.2, -0.15) is 0 Å². The quantitative estimate of drug-likeness (QED) is 0.553. The molecule has 0 fully saturated rings. The van der Waals surface area contributed by atoms with E-state index >= 15 is 0 Å². The van der Waals surface area contributed by atoms with Crippen LogP contribution >= 0.6 is 39.3 Å². The lowest BCUT2D eigenvalue weighted by Crippen LogP contribution is -2.15. The van der Waals surface area contributed by atoms with Gasteiger partial charge in [-0.3, -0.25) is 9.36 Å². The second-order valence-corrected chi connectivity index (χ2v) is 7.98. The van der Waals surface area contributed by atoms with Crippen LogP contribution in [0.3, 0.4) is 0 Å². The van der Waals surface area contributed by atoms with E-state index in [9.17, 15) is 4.79 Å². The van der Waals surface area contributed by atoms with Crippen molar-refractivity contribution >= 4 is 50.9 Å². The van der Waals surface area contributed by atoms with Crippen LogP contribution in [-0.2, 0) is 4.79 Å². The third-order valence-electron chi connectivity index (χ3n) is 3.74. The highest BCUT2D eigenvalue weighted by atomic mass is 79.9. The fourth-order valence-electron chi connectivity index (χ4n) is 2.32. The van der Waals surface area contributed by atoms with Gasteiger partial charge in [0.1, 0.15) is 6.33 Å². The Bertz CT molecular complexity index is 960. The first-order valence-electron chi connectivity index (χ1n) is 7.79. The molecule has 2 aromatic carbocycles. The Morgan fingerprint density at radius 2 is 2.04 bits per heavy atom. The third-order valence-corrected chi connectivity index (χ3v) is 5.59. The summed E-state index contributed by atoms with van der Waals surface area (Å²) in [5, 5.41) is 12.3. The molecule has 0 saturated carbocycles. The van der Waals surface area contributed by atoms with Gasteiger partial charge in [0.2, 0.25) is 5.91 Å². The zero-order chi connectivity index (χ0) is 18.7. The summed E-state index contributed by atoms with van der Waals surface area (Å²) >= 11 is 10.9. The van der Waals surface area contributed by atoms with Crippen LogP contribution in [0.1, 0.15) is 11.1 Å². The number of carbonyl (C=O) groups excluding carboxylic acids is 1. The Labute approximate surface area is 169 Å². The minimum atomic E-state index is -0.100. The second-order valence-electron chi connectivity index (χ2n) is 5.71. The van der Waals surface area contributed by atoms with Crippen molar-refractivity contribution in [2.75, 3.05) is 11.1 Å². The molecule has 0 spiro atoms. The Morgan fingerprint density at radius 1 is 1.23 bits per heavy atom. The number of halogens is 2. The smallest absolute Gasteiger partial charge is 0.234 e. The average Bonchev–Trinajstić information content (AvgIpc) is 3.06. The van der Waals surface area contributed by atoms with Gasteiger partial charge in [-0.1, -0.05) is 45.4 Å². The van der Waals surface area contributed by atoms with E-state index < -0.39 is 0 Å². The number of anilines is 1. The molecule has 8 heteroatoms. The topological polar surface area (TPSA) is 59.8 Å². The number of aromatic nitrogens is 3. The van der Waals surface area contributed by atoms with Crippen LogP contribution in [0.4, 0.5) is 5.69 Å². The van der Waals surface area contributed by atoms with Gasteiger partial charge in [0.25, 0.3) is 0 Å². The highest BCUT2D eigenvalue weighted by Crippen LogP contribution is 2.24. The van der Waals surface area contributed by atoms with Crippen molar-refractivity contribution in [2.24, 2.45) is 0 Å². The van der Waals surface area contributed by atoms with E-state index in [1.807, 2.05) is 54.8 Å². The average molecular weight is 452 g/mol. The standard InChI is InChI=1S/C18H16BrClN4OS/c1-11-3-5-14(8-15(11)20)24-10-21-23-18(24)26-9-17(25)22-16-6-4-13(19)7-12(16)2/h3-8,10H,9H2,1-2H3,(H,22,25). The maximum absolute atomic E-state index is 12.3. The fourth-order valence-corrected chi connectivity index (χ4v) is 3.69. The number of nitrogens with zero attached hydrogens (tertiary/aromatic N) is 3. The molecule has 26 heavy (non-hydrogen) atoms. The summed E-state index contributed by atoms with van der Waals surface area (Å²) in [6.45, 7) is 3.90. The number of aryl methyl sites for hydroxylation is 2. The van der Waals surface area contributed by atoms with E-state index in [2.05, 4.69) is 31.4 Å². The molecular formula is C18H16BrClN4OS. The number of rotatable bonds is 5. The molecule has 5 nitrogen and oxygen atoms in total. The number of nitrogens with one attached hydrogen (secondary N) is 1. The number of hydrogen-bond donors (Lipinski definition) is 1. The maximum atomic E-state index is 12.3. The zero-order valence-corrected chi connectivity index (χ0v) is 17.3. The highest BCUT2D eigenvalue weighted by molar-refractivity contribution is 9.10. The lowest BCUT2D eigenvalue weighted by atomic mass is 10.2. The molecule has 0 atom stereocenters. The van der Waals surface area contributed by atoms with E-state index in [1.54, 1.807) is 6.33 Å². The van der Waals surface area contributed by atoms with Crippen LogP contribution in [-0.4, -0.2) is 26.4 Å². The molecule has 0 bridgehead atoms. The van der Waals surface area contributed by atoms with E-state index in [0.29, 0.717) is 10.2 Å². The summed E-state index contributed by atoms with van der Waals surface area (Å²) in [7, 11) is 0. The molecule has 1 heterocycles. The van der Waals surface area contributed by atoms with Crippen molar-refractivity contribution in [1.82, 2.24) is 14.8 Å². The molecular weight excluding hydrogens is 436 g/mol. The van der Waals surface area contributed by atoms with Crippen molar-refractivity contribution in [3.05, 3.63) is 63.3 Å². The summed E-state index contributed by atoms with van der Waals surface area (Å²) < 4.78 is 2.79. The van der Waals surface area contributed by atoms with Crippen LogP contribution in [0.5, 0.6) is 0 Å². The lowest BCUT2D eigenvalue weighted by molar-refractivity contribution is -0.113. The van der Waals surface area contributed by atoms with Gasteiger partial charge in [-0.25, -0.2) is 0 Å². The number of thioether (sulfide) groups is 1. The molecule has 1 aromatic heterocycles. The number of benzene rings is 2. The van der Waals surface area contributed by atoms with E-state index in [1.165, 1.54) is 11.8 Å². The molecule has 134 valence electrons. The van der Waals surface area contributed by atoms with E-state index in [-0.39, 0.29) is 11.7 Å². The second kappa shape index (κ2) is 8.24. The Kier molecular flexibility index (Phi) is 6.01. The van der Waals surface area contributed by atoms with Crippen molar-refractivity contribution in [3.8, 4) is 5.69 Å². The minimum absolute atomic E-state index is 0.100. The first kappa shape index (κ1) is 18.9. The van der Waals surface area contributed by atoms with Crippen LogP contribution in [0.2, 0.25) is 5.02 Å². The predicted molar refractivity (Wildman–Crippen MR) is 109 cm³/mol. The highest BCUT2D eigenvalue weighted by Gasteiger charge is 2.12. The summed E-state index contributed by atoms with van der Waals surface area (Å²) in [4.78, 5) is 12.3. The molecule has 0 aliphatic heterocycles. The van der Waals surface area contributed by atoms with Gasteiger partial charge in [-0.05, 0) is 55.3 Å². The van der Waals surface area contributed by atoms with Crippen molar-refractivity contribution in [2.45, 2.75) is 19.0 Å². The van der Waals surface area contributed by atoms with Gasteiger partial charge in [0, 0.05) is 15.2 Å². The van der Waals surface area contributed by atoms with Gasteiger partial charge in [0.15, 0.2) is 5.16 Å². The maximum Gasteiger partial charge on any atom is 0.234 e. The van der Waals surface area contributed by atoms with Crippen molar-refractivity contribution in [1.29, 1.82) is 0 Å². The van der Waals surface area contributed by atoms with Gasteiger partial charge in [-0.15, -0.1) is 10.2 Å². The van der Waals surface area contributed by atoms with Crippen molar-refractivity contribution in [3.63, 3.8) is 0 Å². The molecule has 0 unspecified atom stereocenters. The molecule has 3 rings (SSSR count). The van der Waals surface area contributed by atoms with Gasteiger partial charge in [0.05, 0.1) is 11.4 Å². The lowest BCUT2D eigenvalue weighted by Gasteiger charge is -2.10. The van der Waals surface area contributed by atoms with Gasteiger partial charge >= 0.3 is 0 Å². The summed E-state index contributed by atoms with van der Waals surface area (Å²) in [6, 6.07) is 11.5. The third kappa shape index (κ3) is 4.47. The van der Waals surface area contributed by atoms with E-state index in [0.717, 1.165) is 27.0 Å². The number of hydrogen-bond acceptors (Lipinski definition) is 4. The largest absolute Gasteiger partial charge is 0.325 e. The summed E-state index contributed by atoms with van der Waals surface area (Å²) in [5.41, 5.74) is 3.65. The SMILES string of the molecule is Cc1ccc(-n2cnnc2SCC(=O)Nc2ccc(Br)cc2C)cc1Cl. The van der Waals surface area contributed by atoms with Crippen LogP contribution in [0.25, 0.3) is 5.69 Å². The van der Waals surface area contributed by atoms with Crippen LogP contribution in [0.15, 0.2) is 52.4 Å². The monoisotopic (exact) mass is 450 g/mol.